The van der Waals surface area contributed by atoms with E-state index in [0.717, 1.165) is 42.2 Å². The number of sulfonamides is 1. The van der Waals surface area contributed by atoms with Crippen LogP contribution in [0.3, 0.4) is 0 Å². The van der Waals surface area contributed by atoms with Crippen molar-refractivity contribution in [2.24, 2.45) is 0 Å². The number of carbonyl (C=O) groups is 2. The number of carbonyl (C=O) groups excluding carboxylic acids is 2. The Balaban J connectivity index is 1.70. The summed E-state index contributed by atoms with van der Waals surface area (Å²) >= 11 is 0. The third kappa shape index (κ3) is 8.36. The van der Waals surface area contributed by atoms with Crippen molar-refractivity contribution >= 4 is 28.0 Å². The number of ether oxygens (including phenoxy) is 1. The number of amides is 1. The Morgan fingerprint density at radius 2 is 1.81 bits per heavy atom. The Labute approximate surface area is 160 Å². The molecule has 1 aromatic carbocycles. The number of hydrogen-bond acceptors (Lipinski definition) is 5. The third-order valence-electron chi connectivity index (χ3n) is 4.27. The largest absolute Gasteiger partial charge is 0.455 e. The van der Waals surface area contributed by atoms with E-state index in [1.165, 1.54) is 12.5 Å². The first-order valence-electron chi connectivity index (χ1n) is 9.03. The minimum atomic E-state index is -3.78. The van der Waals surface area contributed by atoms with Crippen molar-refractivity contribution < 1.29 is 22.7 Å². The lowest BCUT2D eigenvalue weighted by molar-refractivity contribution is -0.147. The van der Waals surface area contributed by atoms with Crippen LogP contribution < -0.4 is 10.0 Å². The second kappa shape index (κ2) is 10.2. The number of esters is 1. The SMILES string of the molecule is Cc1ccc(C=CS(=O)(=O)NCC(=O)OCC(=O)NC2CCCCC2)cc1. The van der Waals surface area contributed by atoms with E-state index < -0.39 is 29.1 Å². The standard InChI is InChI=1S/C19H26N2O5S/c1-15-7-9-16(10-8-15)11-12-27(24,25)20-13-19(23)26-14-18(22)21-17-5-3-2-4-6-17/h7-12,17,20H,2-6,13-14H2,1H3,(H,21,22). The number of benzene rings is 1. The van der Waals surface area contributed by atoms with Crippen LogP contribution in [0.5, 0.6) is 0 Å². The summed E-state index contributed by atoms with van der Waals surface area (Å²) in [6, 6.07) is 7.46. The van der Waals surface area contributed by atoms with Crippen LogP contribution >= 0.6 is 0 Å². The van der Waals surface area contributed by atoms with Crippen LogP contribution in [0.25, 0.3) is 6.08 Å². The lowest BCUT2D eigenvalue weighted by Crippen LogP contribution is -2.39. The molecule has 0 radical (unpaired) electrons. The molecule has 0 spiro atoms. The van der Waals surface area contributed by atoms with E-state index in [9.17, 15) is 18.0 Å². The van der Waals surface area contributed by atoms with Crippen LogP contribution in [0.2, 0.25) is 0 Å². The second-order valence-corrected chi connectivity index (χ2v) is 8.29. The van der Waals surface area contributed by atoms with E-state index in [1.807, 2.05) is 19.1 Å². The van der Waals surface area contributed by atoms with Gasteiger partial charge in [0.25, 0.3) is 5.91 Å². The van der Waals surface area contributed by atoms with Crippen molar-refractivity contribution in [1.29, 1.82) is 0 Å². The van der Waals surface area contributed by atoms with E-state index in [1.54, 1.807) is 12.1 Å². The molecule has 1 fully saturated rings. The first-order valence-corrected chi connectivity index (χ1v) is 10.6. The summed E-state index contributed by atoms with van der Waals surface area (Å²) in [5.74, 6) is -1.17. The van der Waals surface area contributed by atoms with Gasteiger partial charge in [-0.1, -0.05) is 49.1 Å². The van der Waals surface area contributed by atoms with E-state index in [-0.39, 0.29) is 11.9 Å². The van der Waals surface area contributed by atoms with Crippen molar-refractivity contribution in [3.8, 4) is 0 Å². The van der Waals surface area contributed by atoms with Gasteiger partial charge >= 0.3 is 5.97 Å². The predicted molar refractivity (Wildman–Crippen MR) is 103 cm³/mol. The lowest BCUT2D eigenvalue weighted by atomic mass is 9.95. The maximum absolute atomic E-state index is 11.9. The maximum Gasteiger partial charge on any atom is 0.321 e. The Hall–Kier alpha value is -2.19. The first kappa shape index (κ1) is 21.1. The molecule has 1 aliphatic carbocycles. The number of rotatable bonds is 8. The molecule has 2 N–H and O–H groups in total. The van der Waals surface area contributed by atoms with Crippen LogP contribution in [0.1, 0.15) is 43.2 Å². The molecule has 0 bridgehead atoms. The van der Waals surface area contributed by atoms with Crippen LogP contribution in [-0.2, 0) is 24.3 Å². The minimum Gasteiger partial charge on any atom is -0.455 e. The topological polar surface area (TPSA) is 102 Å². The monoisotopic (exact) mass is 394 g/mol. The molecular formula is C19H26N2O5S. The summed E-state index contributed by atoms with van der Waals surface area (Å²) in [6.07, 6.45) is 6.66. The fraction of sp³-hybridized carbons (Fsp3) is 0.474. The van der Waals surface area contributed by atoms with Crippen LogP contribution in [0.15, 0.2) is 29.7 Å². The van der Waals surface area contributed by atoms with Gasteiger partial charge in [-0.25, -0.2) is 13.1 Å². The smallest absolute Gasteiger partial charge is 0.321 e. The number of hydrogen-bond donors (Lipinski definition) is 2. The zero-order valence-corrected chi connectivity index (χ0v) is 16.3. The van der Waals surface area contributed by atoms with Crippen molar-refractivity contribution in [2.75, 3.05) is 13.2 Å². The van der Waals surface area contributed by atoms with E-state index in [4.69, 9.17) is 4.74 Å². The van der Waals surface area contributed by atoms with E-state index in [0.29, 0.717) is 0 Å². The van der Waals surface area contributed by atoms with Gasteiger partial charge in [0.05, 0.1) is 0 Å². The van der Waals surface area contributed by atoms with E-state index in [2.05, 4.69) is 10.0 Å². The predicted octanol–water partition coefficient (Wildman–Crippen LogP) is 1.88. The molecule has 0 unspecified atom stereocenters. The van der Waals surface area contributed by atoms with Crippen molar-refractivity contribution in [3.63, 3.8) is 0 Å². The molecule has 8 heteroatoms. The van der Waals surface area contributed by atoms with Crippen LogP contribution in [-0.4, -0.2) is 39.5 Å². The summed E-state index contributed by atoms with van der Waals surface area (Å²) in [5, 5.41) is 3.81. The lowest BCUT2D eigenvalue weighted by Gasteiger charge is -2.22. The normalized spacial score (nSPS) is 15.6. The van der Waals surface area contributed by atoms with Crippen molar-refractivity contribution in [3.05, 3.63) is 40.8 Å². The molecule has 1 amide bonds. The van der Waals surface area contributed by atoms with Gasteiger partial charge in [0, 0.05) is 11.4 Å². The Morgan fingerprint density at radius 1 is 1.15 bits per heavy atom. The highest BCUT2D eigenvalue weighted by atomic mass is 32.2. The van der Waals surface area contributed by atoms with Gasteiger partial charge in [-0.3, -0.25) is 9.59 Å². The van der Waals surface area contributed by atoms with Crippen molar-refractivity contribution in [1.82, 2.24) is 10.0 Å². The van der Waals surface area contributed by atoms with Crippen LogP contribution in [0.4, 0.5) is 0 Å². The highest BCUT2D eigenvalue weighted by molar-refractivity contribution is 7.92. The molecule has 27 heavy (non-hydrogen) atoms. The first-order chi connectivity index (χ1) is 12.8. The van der Waals surface area contributed by atoms with E-state index >= 15 is 0 Å². The fourth-order valence-electron chi connectivity index (χ4n) is 2.77. The molecule has 0 heterocycles. The van der Waals surface area contributed by atoms with Gasteiger partial charge in [-0.05, 0) is 31.4 Å². The minimum absolute atomic E-state index is 0.135. The fourth-order valence-corrected chi connectivity index (χ4v) is 3.52. The second-order valence-electron chi connectivity index (χ2n) is 6.64. The molecule has 0 saturated heterocycles. The average molecular weight is 394 g/mol. The van der Waals surface area contributed by atoms with Crippen LogP contribution in [0, 0.1) is 6.92 Å². The maximum atomic E-state index is 11.9. The highest BCUT2D eigenvalue weighted by Crippen LogP contribution is 2.17. The summed E-state index contributed by atoms with van der Waals surface area (Å²) in [4.78, 5) is 23.4. The molecule has 148 valence electrons. The summed E-state index contributed by atoms with van der Waals surface area (Å²) in [5.41, 5.74) is 1.80. The van der Waals surface area contributed by atoms with Gasteiger partial charge in [-0.2, -0.15) is 0 Å². The van der Waals surface area contributed by atoms with Gasteiger partial charge in [-0.15, -0.1) is 0 Å². The molecule has 0 aromatic heterocycles. The van der Waals surface area contributed by atoms with Gasteiger partial charge in [0.15, 0.2) is 6.61 Å². The summed E-state index contributed by atoms with van der Waals surface area (Å²) in [6.45, 7) is 1.00. The quantitative estimate of drug-likeness (QED) is 0.656. The van der Waals surface area contributed by atoms with Gasteiger partial charge < -0.3 is 10.1 Å². The molecule has 1 aromatic rings. The molecule has 0 aliphatic heterocycles. The zero-order valence-electron chi connectivity index (χ0n) is 15.4. The molecular weight excluding hydrogens is 368 g/mol. The Bertz CT molecular complexity index is 766. The van der Waals surface area contributed by atoms with Gasteiger partial charge in [0.1, 0.15) is 6.54 Å². The number of aryl methyl sites for hydroxylation is 1. The summed E-state index contributed by atoms with van der Waals surface area (Å²) < 4.78 is 30.7. The average Bonchev–Trinajstić information content (AvgIpc) is 2.65. The molecule has 1 saturated carbocycles. The van der Waals surface area contributed by atoms with Crippen molar-refractivity contribution in [2.45, 2.75) is 45.1 Å². The molecule has 7 nitrogen and oxygen atoms in total. The molecule has 0 atom stereocenters. The Morgan fingerprint density at radius 3 is 2.48 bits per heavy atom. The summed E-state index contributed by atoms with van der Waals surface area (Å²) in [7, 11) is -3.78. The zero-order chi connectivity index (χ0) is 19.7. The third-order valence-corrected chi connectivity index (χ3v) is 5.31. The molecule has 2 rings (SSSR count). The van der Waals surface area contributed by atoms with Gasteiger partial charge in [0.2, 0.25) is 10.0 Å². The Kier molecular flexibility index (Phi) is 7.99. The molecule has 1 aliphatic rings. The highest BCUT2D eigenvalue weighted by Gasteiger charge is 2.17. The number of nitrogens with one attached hydrogen (secondary N) is 2.